The van der Waals surface area contributed by atoms with E-state index in [0.717, 1.165) is 24.3 Å². The highest BCUT2D eigenvalue weighted by Crippen LogP contribution is 2.49. The van der Waals surface area contributed by atoms with E-state index >= 15 is 0 Å². The van der Waals surface area contributed by atoms with Crippen molar-refractivity contribution >= 4 is 69.6 Å². The van der Waals surface area contributed by atoms with Gasteiger partial charge in [0.15, 0.2) is 0 Å². The first-order chi connectivity index (χ1) is 10.8. The standard InChI is InChI=1S/C12H4Cl6F3N3/c13-10(14,15)7-8(22-24-23-9(7)11(16,17)18)5-1-3-6(4-2-5)12(19,20)21/h1-4H. The summed E-state index contributed by atoms with van der Waals surface area (Å²) in [5, 5.41) is 10.7. The third kappa shape index (κ3) is 4.48. The summed E-state index contributed by atoms with van der Waals surface area (Å²) in [5.74, 6) is 0. The van der Waals surface area contributed by atoms with Crippen molar-refractivity contribution in [1.82, 2.24) is 15.4 Å². The topological polar surface area (TPSA) is 38.7 Å². The lowest BCUT2D eigenvalue weighted by Crippen LogP contribution is -2.18. The Morgan fingerprint density at radius 2 is 1.29 bits per heavy atom. The molecule has 0 aliphatic rings. The second-order valence-electron chi connectivity index (χ2n) is 4.43. The molecule has 0 bridgehead atoms. The molecule has 0 saturated carbocycles. The first kappa shape index (κ1) is 20.1. The molecular weight excluding hydrogens is 456 g/mol. The summed E-state index contributed by atoms with van der Waals surface area (Å²) in [6.07, 6.45) is -4.50. The Labute approximate surface area is 163 Å². The second kappa shape index (κ2) is 6.82. The van der Waals surface area contributed by atoms with E-state index in [9.17, 15) is 13.2 Å². The molecular formula is C12H4Cl6F3N3. The molecule has 0 fully saturated rings. The van der Waals surface area contributed by atoms with Crippen LogP contribution in [0.3, 0.4) is 0 Å². The van der Waals surface area contributed by atoms with Gasteiger partial charge in [-0.1, -0.05) is 81.7 Å². The van der Waals surface area contributed by atoms with E-state index in [2.05, 4.69) is 15.4 Å². The molecule has 0 aliphatic carbocycles. The van der Waals surface area contributed by atoms with Gasteiger partial charge in [0.25, 0.3) is 0 Å². The Morgan fingerprint density at radius 1 is 0.750 bits per heavy atom. The predicted octanol–water partition coefficient (Wildman–Crippen LogP) is 6.21. The minimum absolute atomic E-state index is 0.0694. The molecule has 1 aromatic heterocycles. The Hall–Kier alpha value is -0.240. The third-order valence-electron chi connectivity index (χ3n) is 2.80. The summed E-state index contributed by atoms with van der Waals surface area (Å²) < 4.78 is 33.8. The smallest absolute Gasteiger partial charge is 0.166 e. The molecule has 24 heavy (non-hydrogen) atoms. The summed E-state index contributed by atoms with van der Waals surface area (Å²) in [6, 6.07) is 3.95. The van der Waals surface area contributed by atoms with Gasteiger partial charge in [-0.3, -0.25) is 0 Å². The molecule has 0 amide bonds. The monoisotopic (exact) mass is 457 g/mol. The van der Waals surface area contributed by atoms with E-state index in [0.29, 0.717) is 0 Å². The molecule has 2 rings (SSSR count). The van der Waals surface area contributed by atoms with Gasteiger partial charge in [0.05, 0.1) is 11.1 Å². The number of benzene rings is 1. The van der Waals surface area contributed by atoms with Crippen LogP contribution in [0.15, 0.2) is 24.3 Å². The van der Waals surface area contributed by atoms with Crippen molar-refractivity contribution < 1.29 is 13.2 Å². The van der Waals surface area contributed by atoms with Gasteiger partial charge in [0.2, 0.25) is 7.59 Å². The first-order valence-corrected chi connectivity index (χ1v) is 8.14. The van der Waals surface area contributed by atoms with Gasteiger partial charge >= 0.3 is 6.18 Å². The van der Waals surface area contributed by atoms with Crippen molar-refractivity contribution in [2.24, 2.45) is 0 Å². The lowest BCUT2D eigenvalue weighted by atomic mass is 10.0. The molecule has 0 unspecified atom stereocenters. The van der Waals surface area contributed by atoms with Crippen molar-refractivity contribution in [3.8, 4) is 11.3 Å². The zero-order chi connectivity index (χ0) is 18.3. The van der Waals surface area contributed by atoms with Crippen LogP contribution in [0.4, 0.5) is 13.2 Å². The lowest BCUT2D eigenvalue weighted by Gasteiger charge is -2.21. The van der Waals surface area contributed by atoms with Crippen molar-refractivity contribution in [2.75, 3.05) is 0 Å². The molecule has 0 radical (unpaired) electrons. The van der Waals surface area contributed by atoms with Crippen LogP contribution in [0, 0.1) is 0 Å². The number of rotatable bonds is 1. The quantitative estimate of drug-likeness (QED) is 0.476. The number of aromatic nitrogens is 3. The van der Waals surface area contributed by atoms with Gasteiger partial charge < -0.3 is 0 Å². The van der Waals surface area contributed by atoms with Crippen molar-refractivity contribution in [3.63, 3.8) is 0 Å². The fraction of sp³-hybridized carbons (Fsp3) is 0.250. The molecule has 0 spiro atoms. The zero-order valence-electron chi connectivity index (χ0n) is 11.1. The van der Waals surface area contributed by atoms with E-state index in [1.165, 1.54) is 0 Å². The third-order valence-corrected chi connectivity index (χ3v) is 3.90. The normalized spacial score (nSPS) is 13.2. The number of halogens is 9. The maximum absolute atomic E-state index is 12.7. The summed E-state index contributed by atoms with van der Waals surface area (Å²) in [4.78, 5) is 0. The SMILES string of the molecule is FC(F)(F)c1ccc(-c2nnnc(C(Cl)(Cl)Cl)c2C(Cl)(Cl)Cl)cc1. The maximum atomic E-state index is 12.7. The van der Waals surface area contributed by atoms with E-state index in [-0.39, 0.29) is 22.5 Å². The van der Waals surface area contributed by atoms with Crippen LogP contribution in [0.2, 0.25) is 0 Å². The van der Waals surface area contributed by atoms with Gasteiger partial charge in [-0.15, -0.1) is 10.2 Å². The number of nitrogens with zero attached hydrogens (tertiary/aromatic N) is 3. The van der Waals surface area contributed by atoms with E-state index in [1.807, 2.05) is 0 Å². The van der Waals surface area contributed by atoms with Crippen molar-refractivity contribution in [2.45, 2.75) is 13.8 Å². The lowest BCUT2D eigenvalue weighted by molar-refractivity contribution is -0.137. The molecule has 1 aromatic carbocycles. The minimum Gasteiger partial charge on any atom is -0.166 e. The molecule has 12 heteroatoms. The fourth-order valence-electron chi connectivity index (χ4n) is 1.81. The van der Waals surface area contributed by atoms with Crippen LogP contribution in [-0.2, 0) is 13.8 Å². The summed E-state index contributed by atoms with van der Waals surface area (Å²) in [6.45, 7) is 0. The van der Waals surface area contributed by atoms with Gasteiger partial charge in [0.1, 0.15) is 11.4 Å². The van der Waals surface area contributed by atoms with Gasteiger partial charge in [-0.05, 0) is 17.3 Å². The van der Waals surface area contributed by atoms with Crippen LogP contribution >= 0.6 is 69.6 Å². The van der Waals surface area contributed by atoms with Crippen molar-refractivity contribution in [3.05, 3.63) is 41.1 Å². The van der Waals surface area contributed by atoms with Crippen molar-refractivity contribution in [1.29, 1.82) is 0 Å². The number of alkyl halides is 9. The molecule has 130 valence electrons. The first-order valence-electron chi connectivity index (χ1n) is 5.87. The largest absolute Gasteiger partial charge is 0.416 e. The molecule has 2 aromatic rings. The molecule has 1 heterocycles. The molecule has 0 N–H and O–H groups in total. The zero-order valence-corrected chi connectivity index (χ0v) is 15.6. The Balaban J connectivity index is 2.67. The van der Waals surface area contributed by atoms with Crippen LogP contribution in [-0.4, -0.2) is 15.4 Å². The predicted molar refractivity (Wildman–Crippen MR) is 88.7 cm³/mol. The Bertz CT molecular complexity index is 738. The second-order valence-corrected chi connectivity index (χ2v) is 8.99. The highest BCUT2D eigenvalue weighted by molar-refractivity contribution is 6.69. The Morgan fingerprint density at radius 3 is 1.71 bits per heavy atom. The molecule has 3 nitrogen and oxygen atoms in total. The van der Waals surface area contributed by atoms with Crippen LogP contribution in [0.5, 0.6) is 0 Å². The van der Waals surface area contributed by atoms with E-state index in [1.54, 1.807) is 0 Å². The van der Waals surface area contributed by atoms with E-state index < -0.39 is 19.3 Å². The summed E-state index contributed by atoms with van der Waals surface area (Å²) in [5.41, 5.74) is -1.24. The summed E-state index contributed by atoms with van der Waals surface area (Å²) >= 11 is 35.1. The number of hydrogen-bond donors (Lipinski definition) is 0. The van der Waals surface area contributed by atoms with Gasteiger partial charge in [-0.25, -0.2) is 0 Å². The highest BCUT2D eigenvalue weighted by Gasteiger charge is 2.40. The summed E-state index contributed by atoms with van der Waals surface area (Å²) in [7, 11) is 0. The van der Waals surface area contributed by atoms with Crippen LogP contribution in [0.1, 0.15) is 16.8 Å². The average Bonchev–Trinajstić information content (AvgIpc) is 2.44. The van der Waals surface area contributed by atoms with Gasteiger partial charge in [-0.2, -0.15) is 13.2 Å². The average molecular weight is 460 g/mol. The minimum atomic E-state index is -4.50. The maximum Gasteiger partial charge on any atom is 0.416 e. The molecule has 0 atom stereocenters. The Kier molecular flexibility index (Phi) is 5.70. The van der Waals surface area contributed by atoms with Crippen LogP contribution in [0.25, 0.3) is 11.3 Å². The fourth-order valence-corrected chi connectivity index (χ4v) is 2.74. The van der Waals surface area contributed by atoms with Gasteiger partial charge in [0, 0.05) is 5.56 Å². The molecule has 0 aliphatic heterocycles. The highest BCUT2D eigenvalue weighted by atomic mass is 35.6. The van der Waals surface area contributed by atoms with Crippen LogP contribution < -0.4 is 0 Å². The van der Waals surface area contributed by atoms with E-state index in [4.69, 9.17) is 69.6 Å². The number of hydrogen-bond acceptors (Lipinski definition) is 3. The molecule has 0 saturated heterocycles.